The second-order valence-electron chi connectivity index (χ2n) is 6.43. The zero-order valence-corrected chi connectivity index (χ0v) is 13.6. The zero-order chi connectivity index (χ0) is 13.1. The van der Waals surface area contributed by atoms with E-state index in [1.165, 1.54) is 62.3 Å². The standard InChI is InChI=1S/C15H26N2S2/c1-18-13-7-3-2-6-12(13)17-14-16-10-15(11-19-14)8-4-5-9-15/h12-13H,2-11H2,1H3,(H,16,17). The van der Waals surface area contributed by atoms with Gasteiger partial charge in [-0.05, 0) is 37.4 Å². The summed E-state index contributed by atoms with van der Waals surface area (Å²) in [5, 5.41) is 5.79. The van der Waals surface area contributed by atoms with Crippen molar-refractivity contribution in [3.8, 4) is 0 Å². The van der Waals surface area contributed by atoms with E-state index in [1.54, 1.807) is 0 Å². The van der Waals surface area contributed by atoms with E-state index < -0.39 is 0 Å². The van der Waals surface area contributed by atoms with Gasteiger partial charge in [0.2, 0.25) is 0 Å². The Kier molecular flexibility index (Phi) is 4.68. The molecule has 2 aliphatic carbocycles. The number of thioether (sulfide) groups is 2. The Morgan fingerprint density at radius 2 is 2.00 bits per heavy atom. The van der Waals surface area contributed by atoms with Gasteiger partial charge >= 0.3 is 0 Å². The average Bonchev–Trinajstić information content (AvgIpc) is 2.91. The lowest BCUT2D eigenvalue weighted by Gasteiger charge is -2.35. The minimum atomic E-state index is 0.571. The average molecular weight is 299 g/mol. The molecule has 1 N–H and O–H groups in total. The normalized spacial score (nSPS) is 34.3. The van der Waals surface area contributed by atoms with Crippen molar-refractivity contribution in [2.24, 2.45) is 10.4 Å². The smallest absolute Gasteiger partial charge is 0.156 e. The predicted molar refractivity (Wildman–Crippen MR) is 88.4 cm³/mol. The summed E-state index contributed by atoms with van der Waals surface area (Å²) in [6, 6.07) is 0.660. The third kappa shape index (κ3) is 3.26. The van der Waals surface area contributed by atoms with Crippen LogP contribution >= 0.6 is 23.5 Å². The number of rotatable bonds is 2. The minimum absolute atomic E-state index is 0.571. The molecule has 2 nitrogen and oxygen atoms in total. The van der Waals surface area contributed by atoms with Crippen LogP contribution in [0.25, 0.3) is 0 Å². The molecule has 0 aromatic carbocycles. The Morgan fingerprint density at radius 3 is 2.68 bits per heavy atom. The topological polar surface area (TPSA) is 24.4 Å². The van der Waals surface area contributed by atoms with E-state index in [1.807, 2.05) is 23.5 Å². The van der Waals surface area contributed by atoms with E-state index in [0.717, 1.165) is 11.8 Å². The van der Waals surface area contributed by atoms with Crippen molar-refractivity contribution in [1.29, 1.82) is 0 Å². The van der Waals surface area contributed by atoms with Crippen LogP contribution in [0, 0.1) is 5.41 Å². The van der Waals surface area contributed by atoms with Gasteiger partial charge in [-0.3, -0.25) is 4.99 Å². The molecule has 1 aliphatic heterocycles. The number of amidine groups is 1. The fraction of sp³-hybridized carbons (Fsp3) is 0.933. The van der Waals surface area contributed by atoms with Crippen molar-refractivity contribution >= 4 is 28.7 Å². The summed E-state index contributed by atoms with van der Waals surface area (Å²) in [6.45, 7) is 1.08. The fourth-order valence-corrected chi connectivity index (χ4v) is 5.92. The summed E-state index contributed by atoms with van der Waals surface area (Å²) in [6.07, 6.45) is 13.4. The van der Waals surface area contributed by atoms with Crippen LogP contribution in [0.4, 0.5) is 0 Å². The Bertz CT molecular complexity index is 337. The Morgan fingerprint density at radius 1 is 1.21 bits per heavy atom. The SMILES string of the molecule is CSC1CCCCC1NC1=NCC2(CCCC2)CS1. The second kappa shape index (κ2) is 6.30. The van der Waals surface area contributed by atoms with Gasteiger partial charge in [-0.15, -0.1) is 0 Å². The largest absolute Gasteiger partial charge is 0.361 e. The maximum atomic E-state index is 4.89. The summed E-state index contributed by atoms with van der Waals surface area (Å²) < 4.78 is 0. The van der Waals surface area contributed by atoms with Crippen LogP contribution in [0.3, 0.4) is 0 Å². The van der Waals surface area contributed by atoms with Crippen LogP contribution in [0.15, 0.2) is 4.99 Å². The Hall–Kier alpha value is 0.170. The predicted octanol–water partition coefficient (Wildman–Crippen LogP) is 3.91. The van der Waals surface area contributed by atoms with Gasteiger partial charge in [0.1, 0.15) is 0 Å². The highest BCUT2D eigenvalue weighted by Gasteiger charge is 2.37. The first-order valence-electron chi connectivity index (χ1n) is 7.78. The molecule has 0 amide bonds. The van der Waals surface area contributed by atoms with Crippen LogP contribution in [0.5, 0.6) is 0 Å². The van der Waals surface area contributed by atoms with Crippen molar-refractivity contribution in [2.45, 2.75) is 62.7 Å². The van der Waals surface area contributed by atoms with Crippen molar-refractivity contribution < 1.29 is 0 Å². The van der Waals surface area contributed by atoms with Crippen LogP contribution < -0.4 is 5.32 Å². The van der Waals surface area contributed by atoms with E-state index in [0.29, 0.717) is 11.5 Å². The van der Waals surface area contributed by atoms with Crippen molar-refractivity contribution in [3.63, 3.8) is 0 Å². The summed E-state index contributed by atoms with van der Waals surface area (Å²) >= 11 is 4.03. The van der Waals surface area contributed by atoms with E-state index in [9.17, 15) is 0 Å². The first kappa shape index (κ1) is 14.1. The molecule has 0 radical (unpaired) electrons. The molecule has 0 aromatic heterocycles. The van der Waals surface area contributed by atoms with Crippen LogP contribution in [0.2, 0.25) is 0 Å². The molecular weight excluding hydrogens is 272 g/mol. The number of nitrogens with one attached hydrogen (secondary N) is 1. The summed E-state index contributed by atoms with van der Waals surface area (Å²) in [5.41, 5.74) is 0.571. The molecule has 108 valence electrons. The highest BCUT2D eigenvalue weighted by Crippen LogP contribution is 2.43. The molecule has 0 aromatic rings. The number of aliphatic imine (C=N–C) groups is 1. The van der Waals surface area contributed by atoms with Gasteiger partial charge in [-0.25, -0.2) is 0 Å². The number of hydrogen-bond acceptors (Lipinski definition) is 4. The quantitative estimate of drug-likeness (QED) is 0.836. The zero-order valence-electron chi connectivity index (χ0n) is 12.0. The molecule has 3 aliphatic rings. The van der Waals surface area contributed by atoms with E-state index >= 15 is 0 Å². The van der Waals surface area contributed by atoms with Crippen molar-refractivity contribution in [1.82, 2.24) is 5.32 Å². The molecule has 0 bridgehead atoms. The van der Waals surface area contributed by atoms with Gasteiger partial charge in [-0.2, -0.15) is 11.8 Å². The van der Waals surface area contributed by atoms with Gasteiger partial charge < -0.3 is 5.32 Å². The summed E-state index contributed by atoms with van der Waals surface area (Å²) in [5.74, 6) is 1.30. The number of hydrogen-bond donors (Lipinski definition) is 1. The van der Waals surface area contributed by atoms with Gasteiger partial charge in [0.15, 0.2) is 5.17 Å². The molecule has 2 fully saturated rings. The summed E-state index contributed by atoms with van der Waals surface area (Å²) in [4.78, 5) is 4.89. The molecule has 0 saturated heterocycles. The lowest BCUT2D eigenvalue weighted by molar-refractivity contribution is 0.356. The number of nitrogens with zero attached hydrogens (tertiary/aromatic N) is 1. The monoisotopic (exact) mass is 298 g/mol. The molecular formula is C15H26N2S2. The third-order valence-corrected chi connectivity index (χ3v) is 7.50. The van der Waals surface area contributed by atoms with E-state index in [4.69, 9.17) is 4.99 Å². The molecule has 2 atom stereocenters. The minimum Gasteiger partial charge on any atom is -0.361 e. The van der Waals surface area contributed by atoms with Gasteiger partial charge in [-0.1, -0.05) is 37.4 Å². The Balaban J connectivity index is 1.56. The van der Waals surface area contributed by atoms with Gasteiger partial charge in [0.25, 0.3) is 0 Å². The second-order valence-corrected chi connectivity index (χ2v) is 8.47. The highest BCUT2D eigenvalue weighted by atomic mass is 32.2. The van der Waals surface area contributed by atoms with Crippen LogP contribution in [-0.4, -0.2) is 35.0 Å². The Labute approximate surface area is 126 Å². The maximum absolute atomic E-state index is 4.89. The molecule has 1 heterocycles. The maximum Gasteiger partial charge on any atom is 0.156 e. The van der Waals surface area contributed by atoms with Gasteiger partial charge in [0.05, 0.1) is 0 Å². The third-order valence-electron chi connectivity index (χ3n) is 5.05. The first-order valence-corrected chi connectivity index (χ1v) is 10.1. The highest BCUT2D eigenvalue weighted by molar-refractivity contribution is 8.13. The summed E-state index contributed by atoms with van der Waals surface area (Å²) in [7, 11) is 0. The fourth-order valence-electron chi connectivity index (χ4n) is 3.77. The molecule has 4 heteroatoms. The lowest BCUT2D eigenvalue weighted by atomic mass is 9.89. The van der Waals surface area contributed by atoms with Gasteiger partial charge in [0, 0.05) is 23.6 Å². The molecule has 1 spiro atoms. The molecule has 19 heavy (non-hydrogen) atoms. The van der Waals surface area contributed by atoms with Crippen LogP contribution in [-0.2, 0) is 0 Å². The van der Waals surface area contributed by atoms with E-state index in [2.05, 4.69) is 11.6 Å². The molecule has 2 unspecified atom stereocenters. The first-order chi connectivity index (χ1) is 9.31. The molecule has 2 saturated carbocycles. The van der Waals surface area contributed by atoms with Crippen molar-refractivity contribution in [2.75, 3.05) is 18.6 Å². The lowest BCUT2D eigenvalue weighted by Crippen LogP contribution is -2.44. The molecule has 3 rings (SSSR count). The van der Waals surface area contributed by atoms with E-state index in [-0.39, 0.29) is 0 Å². The van der Waals surface area contributed by atoms with Crippen LogP contribution in [0.1, 0.15) is 51.4 Å². The van der Waals surface area contributed by atoms with Crippen molar-refractivity contribution in [3.05, 3.63) is 0 Å².